The van der Waals surface area contributed by atoms with Gasteiger partial charge in [0.1, 0.15) is 5.69 Å². The Bertz CT molecular complexity index is 791. The second-order valence-electron chi connectivity index (χ2n) is 6.91. The van der Waals surface area contributed by atoms with Crippen LogP contribution in [0.15, 0.2) is 35.1 Å². The summed E-state index contributed by atoms with van der Waals surface area (Å²) in [4.78, 5) is 24.6. The van der Waals surface area contributed by atoms with Gasteiger partial charge in [-0.15, -0.1) is 0 Å². The first kappa shape index (κ1) is 16.5. The normalized spacial score (nSPS) is 23.4. The van der Waals surface area contributed by atoms with Gasteiger partial charge in [0.25, 0.3) is 11.5 Å². The van der Waals surface area contributed by atoms with Crippen LogP contribution in [0.25, 0.3) is 5.69 Å². The van der Waals surface area contributed by atoms with Crippen molar-refractivity contribution >= 4 is 5.91 Å². The van der Waals surface area contributed by atoms with Crippen LogP contribution in [0.1, 0.15) is 42.2 Å². The second-order valence-corrected chi connectivity index (χ2v) is 6.91. The molecule has 1 aromatic carbocycles. The van der Waals surface area contributed by atoms with Gasteiger partial charge in [-0.25, -0.2) is 4.68 Å². The number of H-pyrrole nitrogens is 1. The highest BCUT2D eigenvalue weighted by atomic mass is 16.3. The van der Waals surface area contributed by atoms with Crippen LogP contribution in [-0.4, -0.2) is 33.4 Å². The predicted molar refractivity (Wildman–Crippen MR) is 91.4 cm³/mol. The number of rotatable bonds is 4. The second kappa shape index (κ2) is 6.28. The smallest absolute Gasteiger partial charge is 0.271 e. The summed E-state index contributed by atoms with van der Waals surface area (Å²) in [6.45, 7) is 3.99. The van der Waals surface area contributed by atoms with Crippen LogP contribution >= 0.6 is 0 Å². The van der Waals surface area contributed by atoms with Gasteiger partial charge in [-0.2, -0.15) is 0 Å². The topological polar surface area (TPSA) is 87.1 Å². The lowest BCUT2D eigenvalue weighted by Crippen LogP contribution is -2.44. The van der Waals surface area contributed by atoms with Gasteiger partial charge in [0.05, 0.1) is 12.3 Å². The summed E-state index contributed by atoms with van der Waals surface area (Å²) >= 11 is 0. The molecule has 0 bridgehead atoms. The average Bonchev–Trinajstić information content (AvgIpc) is 3.12. The number of hydrogen-bond donors (Lipinski definition) is 3. The summed E-state index contributed by atoms with van der Waals surface area (Å²) in [6, 6.07) is 8.70. The standard InChI is InChI=1S/C18H23N3O3/c1-12-5-7-13(8-6-12)21-16(23)10-14(20-21)17(24)19-15-4-3-9-18(15,2)11-22/h5-8,10,15,20,22H,3-4,9,11H2,1-2H3,(H,19,24). The van der Waals surface area contributed by atoms with Crippen LogP contribution in [0.4, 0.5) is 0 Å². The minimum atomic E-state index is -0.315. The van der Waals surface area contributed by atoms with Gasteiger partial charge in [-0.1, -0.05) is 31.0 Å². The van der Waals surface area contributed by atoms with E-state index in [4.69, 9.17) is 0 Å². The maximum atomic E-state index is 12.5. The van der Waals surface area contributed by atoms with Crippen LogP contribution in [0.3, 0.4) is 0 Å². The maximum absolute atomic E-state index is 12.5. The third-order valence-corrected chi connectivity index (χ3v) is 5.01. The van der Waals surface area contributed by atoms with Crippen molar-refractivity contribution in [1.29, 1.82) is 0 Å². The van der Waals surface area contributed by atoms with E-state index in [1.165, 1.54) is 10.7 Å². The molecule has 1 fully saturated rings. The van der Waals surface area contributed by atoms with E-state index in [1.54, 1.807) is 0 Å². The lowest BCUT2D eigenvalue weighted by molar-refractivity contribution is 0.0825. The fourth-order valence-electron chi connectivity index (χ4n) is 3.30. The molecule has 1 aromatic heterocycles. The highest BCUT2D eigenvalue weighted by molar-refractivity contribution is 5.92. The number of nitrogens with zero attached hydrogens (tertiary/aromatic N) is 1. The van der Waals surface area contributed by atoms with Crippen molar-refractivity contribution in [2.75, 3.05) is 6.61 Å². The zero-order valence-corrected chi connectivity index (χ0v) is 14.0. The predicted octanol–water partition coefficient (Wildman–Crippen LogP) is 1.75. The SMILES string of the molecule is Cc1ccc(-n2[nH]c(C(=O)NC3CCCC3(C)CO)cc2=O)cc1. The molecule has 0 spiro atoms. The molecule has 6 heteroatoms. The molecule has 1 aliphatic carbocycles. The third-order valence-electron chi connectivity index (χ3n) is 5.01. The molecule has 128 valence electrons. The number of aliphatic hydroxyl groups excluding tert-OH is 1. The largest absolute Gasteiger partial charge is 0.396 e. The highest BCUT2D eigenvalue weighted by Crippen LogP contribution is 2.37. The van der Waals surface area contributed by atoms with Crippen LogP contribution in [-0.2, 0) is 0 Å². The summed E-state index contributed by atoms with van der Waals surface area (Å²) in [6.07, 6.45) is 2.70. The van der Waals surface area contributed by atoms with Crippen molar-refractivity contribution < 1.29 is 9.90 Å². The van der Waals surface area contributed by atoms with Gasteiger partial charge in [-0.3, -0.25) is 14.7 Å². The number of aryl methyl sites for hydroxylation is 1. The molecule has 0 aliphatic heterocycles. The molecule has 1 saturated carbocycles. The van der Waals surface area contributed by atoms with Crippen LogP contribution in [0.5, 0.6) is 0 Å². The first-order valence-corrected chi connectivity index (χ1v) is 8.24. The molecule has 3 rings (SSSR count). The van der Waals surface area contributed by atoms with Crippen LogP contribution in [0.2, 0.25) is 0 Å². The van der Waals surface area contributed by atoms with Crippen molar-refractivity contribution in [2.24, 2.45) is 5.41 Å². The minimum absolute atomic E-state index is 0.0405. The van der Waals surface area contributed by atoms with Crippen molar-refractivity contribution in [3.63, 3.8) is 0 Å². The highest BCUT2D eigenvalue weighted by Gasteiger charge is 2.39. The average molecular weight is 329 g/mol. The van der Waals surface area contributed by atoms with E-state index in [-0.39, 0.29) is 35.2 Å². The van der Waals surface area contributed by atoms with E-state index < -0.39 is 0 Å². The van der Waals surface area contributed by atoms with Gasteiger partial charge in [-0.05, 0) is 31.9 Å². The molecule has 3 N–H and O–H groups in total. The number of amides is 1. The third kappa shape index (κ3) is 3.01. The molecular weight excluding hydrogens is 306 g/mol. The number of benzene rings is 1. The Morgan fingerprint density at radius 1 is 1.42 bits per heavy atom. The first-order chi connectivity index (χ1) is 11.4. The van der Waals surface area contributed by atoms with Gasteiger partial charge in [0.15, 0.2) is 0 Å². The lowest BCUT2D eigenvalue weighted by atomic mass is 9.86. The Hall–Kier alpha value is -2.34. The Kier molecular flexibility index (Phi) is 4.32. The minimum Gasteiger partial charge on any atom is -0.396 e. The number of hydrogen-bond acceptors (Lipinski definition) is 3. The summed E-state index contributed by atoms with van der Waals surface area (Å²) in [5.74, 6) is -0.315. The quantitative estimate of drug-likeness (QED) is 0.799. The summed E-state index contributed by atoms with van der Waals surface area (Å²) < 4.78 is 1.36. The number of nitrogens with one attached hydrogen (secondary N) is 2. The van der Waals surface area contributed by atoms with E-state index in [0.29, 0.717) is 5.69 Å². The summed E-state index contributed by atoms with van der Waals surface area (Å²) in [5, 5.41) is 15.4. The Balaban J connectivity index is 1.81. The molecule has 2 unspecified atom stereocenters. The van der Waals surface area contributed by atoms with Gasteiger partial charge < -0.3 is 10.4 Å². The molecule has 24 heavy (non-hydrogen) atoms. The number of aromatic nitrogens is 2. The molecule has 1 amide bonds. The van der Waals surface area contributed by atoms with E-state index >= 15 is 0 Å². The number of aliphatic hydroxyl groups is 1. The maximum Gasteiger partial charge on any atom is 0.271 e. The molecule has 0 saturated heterocycles. The molecule has 2 atom stereocenters. The molecule has 6 nitrogen and oxygen atoms in total. The molecule has 1 aliphatic rings. The van der Waals surface area contributed by atoms with Crippen molar-refractivity contribution in [2.45, 2.75) is 39.2 Å². The zero-order valence-electron chi connectivity index (χ0n) is 14.0. The molecule has 2 aromatic rings. The Morgan fingerprint density at radius 2 is 2.12 bits per heavy atom. The van der Waals surface area contributed by atoms with E-state index in [2.05, 4.69) is 10.4 Å². The van der Waals surface area contributed by atoms with E-state index in [9.17, 15) is 14.7 Å². The fraction of sp³-hybridized carbons (Fsp3) is 0.444. The van der Waals surface area contributed by atoms with E-state index in [0.717, 1.165) is 24.8 Å². The van der Waals surface area contributed by atoms with Crippen LogP contribution in [0, 0.1) is 12.3 Å². The van der Waals surface area contributed by atoms with Crippen molar-refractivity contribution in [1.82, 2.24) is 15.1 Å². The Morgan fingerprint density at radius 3 is 2.79 bits per heavy atom. The summed E-state index contributed by atoms with van der Waals surface area (Å²) in [7, 11) is 0. The molecule has 0 radical (unpaired) electrons. The monoisotopic (exact) mass is 329 g/mol. The Labute approximate surface area is 140 Å². The molecular formula is C18H23N3O3. The number of carbonyl (C=O) groups is 1. The molecule has 1 heterocycles. The van der Waals surface area contributed by atoms with Crippen molar-refractivity contribution in [3.05, 3.63) is 51.9 Å². The summed E-state index contributed by atoms with van der Waals surface area (Å²) in [5.41, 5.74) is 1.44. The van der Waals surface area contributed by atoms with Crippen molar-refractivity contribution in [3.8, 4) is 5.69 Å². The number of aromatic amines is 1. The van der Waals surface area contributed by atoms with Gasteiger partial charge in [0.2, 0.25) is 0 Å². The zero-order chi connectivity index (χ0) is 17.3. The van der Waals surface area contributed by atoms with E-state index in [1.807, 2.05) is 38.1 Å². The van der Waals surface area contributed by atoms with Gasteiger partial charge in [0, 0.05) is 17.5 Å². The van der Waals surface area contributed by atoms with Gasteiger partial charge >= 0.3 is 0 Å². The first-order valence-electron chi connectivity index (χ1n) is 8.24. The van der Waals surface area contributed by atoms with Crippen LogP contribution < -0.4 is 10.9 Å². The number of carbonyl (C=O) groups excluding carboxylic acids is 1. The lowest BCUT2D eigenvalue weighted by Gasteiger charge is -2.29. The fourth-order valence-corrected chi connectivity index (χ4v) is 3.30.